The van der Waals surface area contributed by atoms with Crippen LogP contribution in [0.2, 0.25) is 0 Å². The third-order valence-electron chi connectivity index (χ3n) is 4.71. The molecular formula is C25H32OS. The number of hydrogen-bond acceptors (Lipinski definition) is 2. The molecule has 2 aromatic rings. The van der Waals surface area contributed by atoms with Crippen molar-refractivity contribution in [2.24, 2.45) is 0 Å². The summed E-state index contributed by atoms with van der Waals surface area (Å²) in [6, 6.07) is 14.6. The zero-order valence-corrected chi connectivity index (χ0v) is 17.8. The van der Waals surface area contributed by atoms with Crippen molar-refractivity contribution < 1.29 is 4.79 Å². The highest BCUT2D eigenvalue weighted by molar-refractivity contribution is 7.99. The Balaban J connectivity index is 2.10. The Morgan fingerprint density at radius 1 is 0.889 bits per heavy atom. The summed E-state index contributed by atoms with van der Waals surface area (Å²) in [5.41, 5.74) is 4.78. The molecule has 0 unspecified atom stereocenters. The molecular weight excluding hydrogens is 348 g/mol. The molecule has 0 fully saturated rings. The number of rotatable bonds is 11. The van der Waals surface area contributed by atoms with Crippen molar-refractivity contribution in [1.82, 2.24) is 0 Å². The van der Waals surface area contributed by atoms with Crippen molar-refractivity contribution in [3.05, 3.63) is 70.8 Å². The van der Waals surface area contributed by atoms with Crippen LogP contribution in [0.5, 0.6) is 0 Å². The molecule has 1 nitrogen and oxygen atoms in total. The molecule has 0 radical (unpaired) electrons. The monoisotopic (exact) mass is 380 g/mol. The summed E-state index contributed by atoms with van der Waals surface area (Å²) in [5.74, 6) is 1.11. The van der Waals surface area contributed by atoms with Gasteiger partial charge in [-0.1, -0.05) is 57.9 Å². The van der Waals surface area contributed by atoms with Gasteiger partial charge in [-0.25, -0.2) is 0 Å². The van der Waals surface area contributed by atoms with Crippen LogP contribution in [-0.2, 0) is 12.8 Å². The minimum absolute atomic E-state index is 0.0632. The lowest BCUT2D eigenvalue weighted by molar-refractivity contribution is 0.104. The van der Waals surface area contributed by atoms with E-state index < -0.39 is 0 Å². The van der Waals surface area contributed by atoms with Crippen LogP contribution in [0.25, 0.3) is 6.08 Å². The molecule has 0 spiro atoms. The SMILES string of the molecule is CCCCc1ccc(/C=C/C(=O)c2ccc(SCC)cc2)cc1CCCC. The van der Waals surface area contributed by atoms with E-state index in [9.17, 15) is 4.79 Å². The highest BCUT2D eigenvalue weighted by Gasteiger charge is 2.05. The second-order valence-corrected chi connectivity index (χ2v) is 8.23. The normalized spacial score (nSPS) is 11.2. The van der Waals surface area contributed by atoms with Gasteiger partial charge in [0.25, 0.3) is 0 Å². The van der Waals surface area contributed by atoms with Gasteiger partial charge in [0, 0.05) is 10.5 Å². The molecule has 0 saturated carbocycles. The van der Waals surface area contributed by atoms with Crippen molar-refractivity contribution >= 4 is 23.6 Å². The summed E-state index contributed by atoms with van der Waals surface area (Å²) in [4.78, 5) is 13.7. The van der Waals surface area contributed by atoms with E-state index in [1.54, 1.807) is 17.8 Å². The minimum Gasteiger partial charge on any atom is -0.289 e. The maximum Gasteiger partial charge on any atom is 0.185 e. The molecule has 2 heteroatoms. The first-order chi connectivity index (χ1) is 13.2. The van der Waals surface area contributed by atoms with Gasteiger partial charge in [0.1, 0.15) is 0 Å². The Morgan fingerprint density at radius 3 is 2.19 bits per heavy atom. The quantitative estimate of drug-likeness (QED) is 0.230. The van der Waals surface area contributed by atoms with Gasteiger partial charge in [0.2, 0.25) is 0 Å². The van der Waals surface area contributed by atoms with E-state index in [2.05, 4.69) is 39.0 Å². The molecule has 144 valence electrons. The van der Waals surface area contributed by atoms with E-state index in [4.69, 9.17) is 0 Å². The van der Waals surface area contributed by atoms with E-state index in [-0.39, 0.29) is 5.78 Å². The molecule has 0 heterocycles. The standard InChI is InChI=1S/C25H32OS/c1-4-7-9-21-13-11-20(19-23(21)10-8-5-2)12-18-25(26)22-14-16-24(17-15-22)27-6-3/h11-19H,4-10H2,1-3H3/b18-12+. The molecule has 0 aliphatic rings. The molecule has 27 heavy (non-hydrogen) atoms. The topological polar surface area (TPSA) is 17.1 Å². The Morgan fingerprint density at radius 2 is 1.56 bits per heavy atom. The van der Waals surface area contributed by atoms with Crippen LogP contribution < -0.4 is 0 Å². The summed E-state index contributed by atoms with van der Waals surface area (Å²) in [5, 5.41) is 0. The lowest BCUT2D eigenvalue weighted by Crippen LogP contribution is -1.97. The first-order valence-corrected chi connectivity index (χ1v) is 11.2. The lowest BCUT2D eigenvalue weighted by atomic mass is 9.95. The molecule has 0 atom stereocenters. The fraction of sp³-hybridized carbons (Fsp3) is 0.400. The predicted octanol–water partition coefficient (Wildman–Crippen LogP) is 7.38. The Hall–Kier alpha value is -1.80. The van der Waals surface area contributed by atoms with Crippen LogP contribution in [0.15, 0.2) is 53.4 Å². The highest BCUT2D eigenvalue weighted by atomic mass is 32.2. The largest absolute Gasteiger partial charge is 0.289 e. The number of hydrogen-bond donors (Lipinski definition) is 0. The van der Waals surface area contributed by atoms with E-state index in [1.807, 2.05) is 30.3 Å². The van der Waals surface area contributed by atoms with Crippen molar-refractivity contribution in [3.63, 3.8) is 0 Å². The number of carbonyl (C=O) groups excluding carboxylic acids is 1. The van der Waals surface area contributed by atoms with E-state index in [1.165, 1.54) is 41.7 Å². The summed E-state index contributed by atoms with van der Waals surface area (Å²) >= 11 is 1.79. The highest BCUT2D eigenvalue weighted by Crippen LogP contribution is 2.20. The van der Waals surface area contributed by atoms with Crippen molar-refractivity contribution in [3.8, 4) is 0 Å². The van der Waals surface area contributed by atoms with Crippen LogP contribution in [-0.4, -0.2) is 11.5 Å². The molecule has 0 amide bonds. The third kappa shape index (κ3) is 7.03. The number of thioether (sulfide) groups is 1. The molecule has 0 bridgehead atoms. The average molecular weight is 381 g/mol. The number of aryl methyl sites for hydroxylation is 2. The Kier molecular flexibility index (Phi) is 9.41. The third-order valence-corrected chi connectivity index (χ3v) is 5.60. The molecule has 0 aromatic heterocycles. The number of carbonyl (C=O) groups is 1. The number of ketones is 1. The van der Waals surface area contributed by atoms with Gasteiger partial charge >= 0.3 is 0 Å². The summed E-state index contributed by atoms with van der Waals surface area (Å²) in [7, 11) is 0. The molecule has 0 aliphatic heterocycles. The van der Waals surface area contributed by atoms with Gasteiger partial charge in [-0.05, 0) is 78.5 Å². The number of benzene rings is 2. The first-order valence-electron chi connectivity index (χ1n) is 10.2. The zero-order chi connectivity index (χ0) is 19.5. The van der Waals surface area contributed by atoms with E-state index in [0.717, 1.165) is 29.7 Å². The fourth-order valence-electron chi connectivity index (χ4n) is 3.11. The fourth-order valence-corrected chi connectivity index (χ4v) is 3.77. The van der Waals surface area contributed by atoms with Gasteiger partial charge in [0.05, 0.1) is 0 Å². The van der Waals surface area contributed by atoms with Crippen LogP contribution in [0.3, 0.4) is 0 Å². The summed E-state index contributed by atoms with van der Waals surface area (Å²) < 4.78 is 0. The average Bonchev–Trinajstić information content (AvgIpc) is 2.70. The van der Waals surface area contributed by atoms with E-state index in [0.29, 0.717) is 0 Å². The zero-order valence-electron chi connectivity index (χ0n) is 17.0. The lowest BCUT2D eigenvalue weighted by Gasteiger charge is -2.10. The smallest absolute Gasteiger partial charge is 0.185 e. The second-order valence-electron chi connectivity index (χ2n) is 6.89. The van der Waals surface area contributed by atoms with Crippen LogP contribution in [0.4, 0.5) is 0 Å². The second kappa shape index (κ2) is 11.8. The van der Waals surface area contributed by atoms with E-state index >= 15 is 0 Å². The molecule has 2 rings (SSSR count). The first kappa shape index (κ1) is 21.5. The molecule has 2 aromatic carbocycles. The maximum absolute atomic E-state index is 12.5. The number of unbranched alkanes of at least 4 members (excludes halogenated alkanes) is 2. The van der Waals surface area contributed by atoms with Crippen LogP contribution in [0.1, 0.15) is 73.5 Å². The van der Waals surface area contributed by atoms with Crippen LogP contribution in [0, 0.1) is 0 Å². The van der Waals surface area contributed by atoms with Gasteiger partial charge in [0.15, 0.2) is 5.78 Å². The predicted molar refractivity (Wildman–Crippen MR) is 120 cm³/mol. The maximum atomic E-state index is 12.5. The van der Waals surface area contributed by atoms with Gasteiger partial charge < -0.3 is 0 Å². The Labute approximate surface area is 169 Å². The van der Waals surface area contributed by atoms with Crippen LogP contribution >= 0.6 is 11.8 Å². The molecule has 0 N–H and O–H groups in total. The molecule has 0 aliphatic carbocycles. The summed E-state index contributed by atoms with van der Waals surface area (Å²) in [6.07, 6.45) is 10.8. The Bertz CT molecular complexity index is 743. The van der Waals surface area contributed by atoms with Crippen molar-refractivity contribution in [2.75, 3.05) is 5.75 Å². The van der Waals surface area contributed by atoms with Gasteiger partial charge in [-0.3, -0.25) is 4.79 Å². The van der Waals surface area contributed by atoms with Crippen molar-refractivity contribution in [1.29, 1.82) is 0 Å². The van der Waals surface area contributed by atoms with Crippen molar-refractivity contribution in [2.45, 2.75) is 64.2 Å². The van der Waals surface area contributed by atoms with Gasteiger partial charge in [-0.15, -0.1) is 11.8 Å². The minimum atomic E-state index is 0.0632. The molecule has 0 saturated heterocycles. The summed E-state index contributed by atoms with van der Waals surface area (Å²) in [6.45, 7) is 6.61. The van der Waals surface area contributed by atoms with Gasteiger partial charge in [-0.2, -0.15) is 0 Å². The number of allylic oxidation sites excluding steroid dienone is 1.